The number of halogens is 1. The van der Waals surface area contributed by atoms with Gasteiger partial charge < -0.3 is 4.74 Å². The van der Waals surface area contributed by atoms with Gasteiger partial charge >= 0.3 is 5.97 Å². The largest absolute Gasteiger partial charge is 0.462 e. The summed E-state index contributed by atoms with van der Waals surface area (Å²) >= 11 is 7.01. The normalized spacial score (nSPS) is 10.8. The number of carbonyl (C=O) groups excluding carboxylic acids is 1. The zero-order valence-corrected chi connectivity index (χ0v) is 9.96. The predicted octanol–water partition coefficient (Wildman–Crippen LogP) is 3.62. The van der Waals surface area contributed by atoms with E-state index in [1.165, 1.54) is 17.4 Å². The molecule has 1 heterocycles. The summed E-state index contributed by atoms with van der Waals surface area (Å²) in [5.74, 6) is -0.648. The SMILES string of the molecule is CCOC(=O)/C(=C\c1ccc(Cl)s1)N=[N+]=[N-]. The van der Waals surface area contributed by atoms with Crippen molar-refractivity contribution in [1.82, 2.24) is 0 Å². The number of esters is 1. The molecule has 0 fully saturated rings. The van der Waals surface area contributed by atoms with Crippen LogP contribution in [0.4, 0.5) is 0 Å². The van der Waals surface area contributed by atoms with Crippen molar-refractivity contribution in [3.63, 3.8) is 0 Å². The summed E-state index contributed by atoms with van der Waals surface area (Å²) < 4.78 is 5.33. The van der Waals surface area contributed by atoms with Crippen LogP contribution < -0.4 is 0 Å². The lowest BCUT2D eigenvalue weighted by atomic mass is 10.3. The topological polar surface area (TPSA) is 75.1 Å². The molecular formula is C9H8ClN3O2S. The molecule has 0 spiro atoms. The number of ether oxygens (including phenoxy) is 1. The van der Waals surface area contributed by atoms with Crippen molar-refractivity contribution in [3.05, 3.63) is 37.5 Å². The van der Waals surface area contributed by atoms with Crippen LogP contribution in [0.25, 0.3) is 16.5 Å². The molecule has 0 aromatic carbocycles. The third kappa shape index (κ3) is 3.58. The molecule has 1 aromatic heterocycles. The summed E-state index contributed by atoms with van der Waals surface area (Å²) in [6.07, 6.45) is 1.44. The molecule has 16 heavy (non-hydrogen) atoms. The van der Waals surface area contributed by atoms with E-state index in [1.807, 2.05) is 0 Å². The zero-order valence-electron chi connectivity index (χ0n) is 8.38. The van der Waals surface area contributed by atoms with Crippen molar-refractivity contribution in [1.29, 1.82) is 0 Å². The molecule has 0 atom stereocenters. The molecule has 5 nitrogen and oxygen atoms in total. The molecule has 0 bridgehead atoms. The van der Waals surface area contributed by atoms with Gasteiger partial charge in [0.05, 0.1) is 10.9 Å². The van der Waals surface area contributed by atoms with E-state index in [0.717, 1.165) is 4.88 Å². The van der Waals surface area contributed by atoms with E-state index < -0.39 is 5.97 Å². The Morgan fingerprint density at radius 3 is 3.00 bits per heavy atom. The average molecular weight is 258 g/mol. The van der Waals surface area contributed by atoms with E-state index >= 15 is 0 Å². The number of thiophene rings is 1. The third-order valence-corrected chi connectivity index (χ3v) is 2.69. The van der Waals surface area contributed by atoms with Crippen LogP contribution in [0, 0.1) is 0 Å². The van der Waals surface area contributed by atoms with E-state index in [0.29, 0.717) is 4.34 Å². The van der Waals surface area contributed by atoms with Gasteiger partial charge in [0.15, 0.2) is 0 Å². The highest BCUT2D eigenvalue weighted by molar-refractivity contribution is 7.17. The Kier molecular flexibility index (Phi) is 4.85. The van der Waals surface area contributed by atoms with Gasteiger partial charge in [0, 0.05) is 9.79 Å². The second kappa shape index (κ2) is 6.17. The van der Waals surface area contributed by atoms with Crippen LogP contribution in [0.2, 0.25) is 4.34 Å². The maximum Gasteiger partial charge on any atom is 0.340 e. The Hall–Kier alpha value is -1.49. The minimum Gasteiger partial charge on any atom is -0.462 e. The first kappa shape index (κ1) is 12.6. The standard InChI is InChI=1S/C9H8ClN3O2S/c1-2-15-9(14)7(12-13-11)5-6-3-4-8(10)16-6/h3-5H,2H2,1H3/b7-5+. The van der Waals surface area contributed by atoms with Gasteiger partial charge in [0.2, 0.25) is 0 Å². The van der Waals surface area contributed by atoms with Crippen LogP contribution in [0.15, 0.2) is 22.9 Å². The second-order valence-electron chi connectivity index (χ2n) is 2.58. The zero-order chi connectivity index (χ0) is 12.0. The molecule has 0 amide bonds. The van der Waals surface area contributed by atoms with E-state index in [-0.39, 0.29) is 12.3 Å². The van der Waals surface area contributed by atoms with Gasteiger partial charge in [-0.2, -0.15) is 0 Å². The van der Waals surface area contributed by atoms with Gasteiger partial charge in [0.25, 0.3) is 0 Å². The number of nitrogens with zero attached hydrogens (tertiary/aromatic N) is 3. The smallest absolute Gasteiger partial charge is 0.340 e. The molecule has 0 aliphatic heterocycles. The quantitative estimate of drug-likeness (QED) is 0.272. The first-order valence-corrected chi connectivity index (χ1v) is 5.56. The fourth-order valence-corrected chi connectivity index (χ4v) is 1.92. The summed E-state index contributed by atoms with van der Waals surface area (Å²) in [6.45, 7) is 1.90. The Morgan fingerprint density at radius 1 is 1.75 bits per heavy atom. The minimum atomic E-state index is -0.648. The summed E-state index contributed by atoms with van der Waals surface area (Å²) in [6, 6.07) is 3.41. The third-order valence-electron chi connectivity index (χ3n) is 1.51. The highest BCUT2D eigenvalue weighted by Gasteiger charge is 2.09. The van der Waals surface area contributed by atoms with Gasteiger partial charge in [-0.15, -0.1) is 11.3 Å². The van der Waals surface area contributed by atoms with E-state index in [1.54, 1.807) is 19.1 Å². The van der Waals surface area contributed by atoms with Gasteiger partial charge in [-0.1, -0.05) is 16.7 Å². The molecule has 1 rings (SSSR count). The number of hydrogen-bond donors (Lipinski definition) is 0. The Balaban J connectivity index is 2.97. The van der Waals surface area contributed by atoms with Crippen LogP contribution in [-0.2, 0) is 9.53 Å². The molecular weight excluding hydrogens is 250 g/mol. The van der Waals surface area contributed by atoms with E-state index in [2.05, 4.69) is 10.0 Å². The highest BCUT2D eigenvalue weighted by atomic mass is 35.5. The molecule has 84 valence electrons. The summed E-state index contributed by atoms with van der Waals surface area (Å²) in [7, 11) is 0. The molecule has 0 N–H and O–H groups in total. The molecule has 1 aromatic rings. The van der Waals surface area contributed by atoms with Crippen LogP contribution >= 0.6 is 22.9 Å². The predicted molar refractivity (Wildman–Crippen MR) is 63.1 cm³/mol. The van der Waals surface area contributed by atoms with Crippen molar-refractivity contribution in [3.8, 4) is 0 Å². The maximum atomic E-state index is 11.4. The Morgan fingerprint density at radius 2 is 2.50 bits per heavy atom. The highest BCUT2D eigenvalue weighted by Crippen LogP contribution is 2.24. The molecule has 0 saturated carbocycles. The fourth-order valence-electron chi connectivity index (χ4n) is 0.922. The van der Waals surface area contributed by atoms with E-state index in [9.17, 15) is 4.79 Å². The fraction of sp³-hybridized carbons (Fsp3) is 0.222. The maximum absolute atomic E-state index is 11.4. The van der Waals surface area contributed by atoms with Crippen LogP contribution in [0.3, 0.4) is 0 Å². The summed E-state index contributed by atoms with van der Waals surface area (Å²) in [4.78, 5) is 14.7. The number of rotatable bonds is 4. The van der Waals surface area contributed by atoms with Crippen molar-refractivity contribution < 1.29 is 9.53 Å². The van der Waals surface area contributed by atoms with Gasteiger partial charge in [0.1, 0.15) is 5.70 Å². The first-order chi connectivity index (χ1) is 7.67. The number of hydrogen-bond acceptors (Lipinski definition) is 4. The van der Waals surface area contributed by atoms with Gasteiger partial charge in [-0.3, -0.25) is 0 Å². The van der Waals surface area contributed by atoms with Crippen LogP contribution in [0.1, 0.15) is 11.8 Å². The lowest BCUT2D eigenvalue weighted by Gasteiger charge is -1.99. The van der Waals surface area contributed by atoms with Crippen LogP contribution in [-0.4, -0.2) is 12.6 Å². The molecule has 7 heteroatoms. The van der Waals surface area contributed by atoms with Gasteiger partial charge in [-0.05, 0) is 30.7 Å². The molecule has 0 aliphatic carbocycles. The second-order valence-corrected chi connectivity index (χ2v) is 4.33. The monoisotopic (exact) mass is 257 g/mol. The van der Waals surface area contributed by atoms with Gasteiger partial charge in [-0.25, -0.2) is 4.79 Å². The molecule has 0 radical (unpaired) electrons. The van der Waals surface area contributed by atoms with Crippen LogP contribution in [0.5, 0.6) is 0 Å². The van der Waals surface area contributed by atoms with Crippen molar-refractivity contribution in [2.45, 2.75) is 6.92 Å². The number of carbonyl (C=O) groups is 1. The molecule has 0 unspecified atom stereocenters. The Labute approximate surface area is 101 Å². The van der Waals surface area contributed by atoms with Crippen molar-refractivity contribution >= 4 is 35.0 Å². The van der Waals surface area contributed by atoms with Crippen molar-refractivity contribution in [2.75, 3.05) is 6.61 Å². The summed E-state index contributed by atoms with van der Waals surface area (Å²) in [5.41, 5.74) is 8.24. The van der Waals surface area contributed by atoms with Crippen molar-refractivity contribution in [2.24, 2.45) is 5.11 Å². The Bertz CT molecular complexity index is 463. The first-order valence-electron chi connectivity index (χ1n) is 4.36. The molecule has 0 aliphatic rings. The van der Waals surface area contributed by atoms with E-state index in [4.69, 9.17) is 21.9 Å². The average Bonchev–Trinajstić information content (AvgIpc) is 2.64. The number of azide groups is 1. The molecule has 0 saturated heterocycles. The minimum absolute atomic E-state index is 0.0807. The lowest BCUT2D eigenvalue weighted by molar-refractivity contribution is -0.138. The lowest BCUT2D eigenvalue weighted by Crippen LogP contribution is -2.05. The summed E-state index contributed by atoms with van der Waals surface area (Å²) in [5, 5.41) is 3.28.